The van der Waals surface area contributed by atoms with Crippen molar-refractivity contribution in [2.75, 3.05) is 0 Å². The monoisotopic (exact) mass is 1490 g/mol. The summed E-state index contributed by atoms with van der Waals surface area (Å²) in [4.78, 5) is 3.38. The molecule has 0 saturated carbocycles. The first-order valence-electron chi connectivity index (χ1n) is 40.4. The summed E-state index contributed by atoms with van der Waals surface area (Å²) in [7, 11) is -10.6. The lowest BCUT2D eigenvalue weighted by atomic mass is 9.78. The van der Waals surface area contributed by atoms with Gasteiger partial charge in [-0.25, -0.2) is 9.13 Å². The van der Waals surface area contributed by atoms with Gasteiger partial charge in [-0.1, -0.05) is 317 Å². The van der Waals surface area contributed by atoms with Crippen molar-refractivity contribution < 1.29 is 27.2 Å². The molecule has 1 N–H and O–H groups in total. The van der Waals surface area contributed by atoms with Crippen LogP contribution in [0.3, 0.4) is 0 Å². The molecule has 0 aromatic heterocycles. The highest BCUT2D eigenvalue weighted by Gasteiger charge is 2.51. The average Bonchev–Trinajstić information content (AvgIpc) is 1.67. The first kappa shape index (κ1) is 77.0. The molecular formula is C100H113NO6P2. The molecule has 14 rings (SSSR count). The van der Waals surface area contributed by atoms with E-state index in [1.54, 1.807) is 0 Å². The molecule has 2 aliphatic rings. The molecule has 0 atom stereocenters. The third-order valence-electron chi connectivity index (χ3n) is 23.2. The molecule has 0 unspecified atom stereocenters. The Hall–Kier alpha value is -8.70. The van der Waals surface area contributed by atoms with E-state index in [-0.39, 0.29) is 71.0 Å². The Bertz CT molecular complexity index is 4910. The van der Waals surface area contributed by atoms with E-state index >= 15 is 9.13 Å². The SMILES string of the molecule is CC(C)c1cc(C(C)C)c(-c2cc3ccccc3c3c2OP(=O)(NP2(=O)Oc4c(-c5c(C(C)C)cc(C(C)C)cc5C(C)C)cc5ccccc5c4-c4c(c(-c5c(C(C)C)cc(C(C)C)cc5C(C)C)cc5ccccc45)O2)Oc2c(-c4c(C(C)C)cc(C(C)C)cc4C(C)C)cc4ccccc4c2-3)c(C(C)C)c1. The van der Waals surface area contributed by atoms with Crippen LogP contribution in [-0.4, -0.2) is 0 Å². The highest BCUT2D eigenvalue weighted by Crippen LogP contribution is 2.70. The second kappa shape index (κ2) is 29.5. The predicted molar refractivity (Wildman–Crippen MR) is 465 cm³/mol. The van der Waals surface area contributed by atoms with Crippen LogP contribution in [-0.2, 0) is 9.13 Å². The molecule has 109 heavy (non-hydrogen) atoms. The summed E-state index contributed by atoms with van der Waals surface area (Å²) in [5.41, 5.74) is 23.9. The van der Waals surface area contributed by atoms with E-state index < -0.39 is 15.5 Å². The molecule has 2 aliphatic heterocycles. The fourth-order valence-corrected chi connectivity index (χ4v) is 20.9. The van der Waals surface area contributed by atoms with Crippen LogP contribution in [0.15, 0.2) is 170 Å². The number of hydrogen-bond acceptors (Lipinski definition) is 6. The van der Waals surface area contributed by atoms with E-state index in [2.05, 4.69) is 341 Å². The molecule has 564 valence electrons. The van der Waals surface area contributed by atoms with Gasteiger partial charge in [0.25, 0.3) is 0 Å². The van der Waals surface area contributed by atoms with Crippen LogP contribution in [0.2, 0.25) is 0 Å². The van der Waals surface area contributed by atoms with E-state index in [1.807, 2.05) is 0 Å². The van der Waals surface area contributed by atoms with Crippen LogP contribution in [0.1, 0.15) is 304 Å². The van der Waals surface area contributed by atoms with Crippen molar-refractivity contribution in [2.45, 2.75) is 237 Å². The fraction of sp³-hybridized carbons (Fsp3) is 0.360. The topological polar surface area (TPSA) is 83.1 Å². The van der Waals surface area contributed by atoms with Crippen molar-refractivity contribution in [3.63, 3.8) is 0 Å². The minimum atomic E-state index is -5.32. The van der Waals surface area contributed by atoms with E-state index in [1.165, 1.54) is 22.3 Å². The van der Waals surface area contributed by atoms with E-state index in [0.29, 0.717) is 45.3 Å². The summed E-state index contributed by atoms with van der Waals surface area (Å²) in [6.45, 7) is 54.3. The predicted octanol–water partition coefficient (Wildman–Crippen LogP) is 31.8. The highest BCUT2D eigenvalue weighted by molar-refractivity contribution is 7.68. The maximum Gasteiger partial charge on any atom is 0.524 e. The smallest absolute Gasteiger partial charge is 0.403 e. The van der Waals surface area contributed by atoms with Crippen LogP contribution in [0.5, 0.6) is 23.0 Å². The zero-order valence-electron chi connectivity index (χ0n) is 68.9. The van der Waals surface area contributed by atoms with Gasteiger partial charge in [-0.15, -0.1) is 0 Å². The molecule has 0 bridgehead atoms. The lowest BCUT2D eigenvalue weighted by Crippen LogP contribution is -2.22. The Morgan fingerprint density at radius 2 is 0.385 bits per heavy atom. The largest absolute Gasteiger partial charge is 0.524 e. The minimum absolute atomic E-state index is 0.0417. The Kier molecular flexibility index (Phi) is 20.9. The maximum atomic E-state index is 18.8. The molecule has 2 heterocycles. The number of nitrogens with one attached hydrogen (secondary N) is 1. The van der Waals surface area contributed by atoms with Crippen LogP contribution in [0.4, 0.5) is 0 Å². The number of benzene rings is 12. The standard InChI is InChI=1S/C100H113NO6P2/c1-53(2)69-45-77(57(9)10)89(78(46-69)58(11)12)85-41-65-33-25-29-37-73(65)93-94-74-38-30-26-34-66(74)42-86(90-79(59(13)14)47-70(54(3)4)48-80(90)60(15)16)98(94)105-108(102,104-97(85)93)101-109(103)106-99-87(91-81(61(17)18)49-71(55(5)6)50-82(91)62(19)20)43-67-35-27-31-39-75(67)95(99)96-76-40-32-28-36-68(76)44-88(100(96)107-109)92-83(63(21)22)51-72(56(7)8)52-84(92)64(23)24/h25-64H,1-24H3,(H,101,102,103). The third kappa shape index (κ3) is 13.8. The molecule has 12 aromatic rings. The van der Waals surface area contributed by atoms with Crippen LogP contribution >= 0.6 is 15.5 Å². The molecule has 0 aliphatic carbocycles. The summed E-state index contributed by atoms with van der Waals surface area (Å²) in [5, 5.41) is 7.38. The van der Waals surface area contributed by atoms with Gasteiger partial charge in [0.2, 0.25) is 0 Å². The van der Waals surface area contributed by atoms with Gasteiger partial charge in [0.05, 0.1) is 0 Å². The van der Waals surface area contributed by atoms with Crippen molar-refractivity contribution in [1.29, 1.82) is 0 Å². The van der Waals surface area contributed by atoms with Crippen LogP contribution in [0, 0.1) is 0 Å². The third-order valence-corrected chi connectivity index (χ3v) is 26.9. The Labute approximate surface area is 650 Å². The van der Waals surface area contributed by atoms with Gasteiger partial charge in [-0.3, -0.25) is 0 Å². The van der Waals surface area contributed by atoms with E-state index in [9.17, 15) is 0 Å². The van der Waals surface area contributed by atoms with Crippen molar-refractivity contribution in [3.05, 3.63) is 237 Å². The molecule has 0 radical (unpaired) electrons. The molecule has 0 spiro atoms. The van der Waals surface area contributed by atoms with E-state index in [4.69, 9.17) is 18.1 Å². The summed E-state index contributed by atoms with van der Waals surface area (Å²) in [5.74, 6) is 2.60. The zero-order chi connectivity index (χ0) is 78.0. The molecule has 7 nitrogen and oxygen atoms in total. The van der Waals surface area contributed by atoms with Gasteiger partial charge < -0.3 is 18.1 Å². The Balaban J connectivity index is 1.18. The normalized spacial score (nSPS) is 14.1. The summed E-state index contributed by atoms with van der Waals surface area (Å²) < 4.78 is 69.4. The molecule has 0 saturated heterocycles. The highest BCUT2D eigenvalue weighted by atomic mass is 31.3. The van der Waals surface area contributed by atoms with Gasteiger partial charge in [0.1, 0.15) is 23.0 Å². The van der Waals surface area contributed by atoms with Crippen molar-refractivity contribution in [3.8, 4) is 89.8 Å². The molecule has 0 amide bonds. The first-order valence-corrected chi connectivity index (χ1v) is 43.5. The van der Waals surface area contributed by atoms with Crippen LogP contribution in [0.25, 0.3) is 110 Å². The molecular weight excluding hydrogens is 1370 g/mol. The lowest BCUT2D eigenvalue weighted by Gasteiger charge is -2.29. The van der Waals surface area contributed by atoms with Crippen molar-refractivity contribution >= 4 is 58.6 Å². The maximum absolute atomic E-state index is 18.8. The Morgan fingerprint density at radius 3 is 0.541 bits per heavy atom. The van der Waals surface area contributed by atoms with Gasteiger partial charge in [-0.05, 0) is 227 Å². The molecule has 12 aromatic carbocycles. The fourth-order valence-electron chi connectivity index (χ4n) is 17.2. The van der Waals surface area contributed by atoms with Gasteiger partial charge in [0, 0.05) is 44.5 Å². The first-order chi connectivity index (χ1) is 51.7. The van der Waals surface area contributed by atoms with Gasteiger partial charge >= 0.3 is 15.5 Å². The van der Waals surface area contributed by atoms with Crippen molar-refractivity contribution in [2.24, 2.45) is 0 Å². The number of rotatable bonds is 18. The molecule has 0 fully saturated rings. The number of fused-ring (bicyclic) bond motifs is 14. The second-order valence-electron chi connectivity index (χ2n) is 35.0. The van der Waals surface area contributed by atoms with Gasteiger partial charge in [0.15, 0.2) is 0 Å². The summed E-state index contributed by atoms with van der Waals surface area (Å²) in [6.07, 6.45) is 0. The summed E-state index contributed by atoms with van der Waals surface area (Å²) in [6, 6.07) is 61.9. The summed E-state index contributed by atoms with van der Waals surface area (Å²) >= 11 is 0. The van der Waals surface area contributed by atoms with Crippen molar-refractivity contribution in [1.82, 2.24) is 4.86 Å². The van der Waals surface area contributed by atoms with E-state index in [0.717, 1.165) is 132 Å². The van der Waals surface area contributed by atoms with Gasteiger partial charge in [-0.2, -0.15) is 0 Å². The molecule has 9 heteroatoms. The zero-order valence-corrected chi connectivity index (χ0v) is 70.7. The average molecular weight is 1490 g/mol. The Morgan fingerprint density at radius 1 is 0.220 bits per heavy atom. The minimum Gasteiger partial charge on any atom is -0.403 e. The van der Waals surface area contributed by atoms with Crippen LogP contribution < -0.4 is 23.0 Å². The number of hydrogen-bond donors (Lipinski definition) is 1. The second-order valence-corrected chi connectivity index (χ2v) is 38.5. The quantitative estimate of drug-likeness (QED) is 0.0857. The lowest BCUT2D eigenvalue weighted by molar-refractivity contribution is 0.359.